The van der Waals surface area contributed by atoms with Crippen molar-refractivity contribution < 1.29 is 14.3 Å². The van der Waals surface area contributed by atoms with Gasteiger partial charge in [0.05, 0.1) is 0 Å². The fourth-order valence-corrected chi connectivity index (χ4v) is 1.71. The van der Waals surface area contributed by atoms with E-state index in [0.29, 0.717) is 12.2 Å². The number of rotatable bonds is 6. The van der Waals surface area contributed by atoms with Crippen LogP contribution in [0.2, 0.25) is 0 Å². The number of ether oxygens (including phenoxy) is 2. The summed E-state index contributed by atoms with van der Waals surface area (Å²) in [5, 5.41) is 0. The van der Waals surface area contributed by atoms with E-state index in [0.717, 1.165) is 5.56 Å². The van der Waals surface area contributed by atoms with Gasteiger partial charge in [-0.1, -0.05) is 38.0 Å². The molecule has 3 heteroatoms. The summed E-state index contributed by atoms with van der Waals surface area (Å²) in [6.45, 7) is 5.99. The van der Waals surface area contributed by atoms with Crippen molar-refractivity contribution >= 4 is 5.97 Å². The van der Waals surface area contributed by atoms with Gasteiger partial charge in [0, 0.05) is 12.0 Å². The molecule has 0 bridgehead atoms. The number of carbonyl (C=O) groups excluding carboxylic acids is 1. The normalized spacial score (nSPS) is 11.7. The monoisotopic (exact) mass is 260 g/mol. The first-order chi connectivity index (χ1) is 9.04. The molecule has 19 heavy (non-hydrogen) atoms. The van der Waals surface area contributed by atoms with E-state index in [-0.39, 0.29) is 24.6 Å². The number of hydrogen-bond donors (Lipinski definition) is 0. The minimum absolute atomic E-state index is 0.198. The molecule has 0 N–H and O–H groups in total. The van der Waals surface area contributed by atoms with Crippen LogP contribution in [0.25, 0.3) is 0 Å². The number of para-hydroxylation sites is 1. The molecule has 102 valence electrons. The molecule has 0 saturated carbocycles. The maximum Gasteiger partial charge on any atom is 0.306 e. The van der Waals surface area contributed by atoms with Gasteiger partial charge in [0.25, 0.3) is 0 Å². The van der Waals surface area contributed by atoms with Gasteiger partial charge >= 0.3 is 5.97 Å². The lowest BCUT2D eigenvalue weighted by molar-refractivity contribution is -0.149. The van der Waals surface area contributed by atoms with Crippen LogP contribution in [0, 0.1) is 18.3 Å². The summed E-state index contributed by atoms with van der Waals surface area (Å²) in [6.07, 6.45) is 5.25. The van der Waals surface area contributed by atoms with E-state index in [1.54, 1.807) is 0 Å². The van der Waals surface area contributed by atoms with E-state index in [2.05, 4.69) is 5.92 Å². The Kier molecular flexibility index (Phi) is 5.95. The standard InChI is InChI=1S/C16H20O3/c1-5-10-18-15-9-7-6-8-14(15)13(4)19-16(17)11-12(2)3/h1,6-9,12-13H,10-11H2,2-4H3. The molecule has 0 saturated heterocycles. The summed E-state index contributed by atoms with van der Waals surface area (Å²) in [7, 11) is 0. The minimum Gasteiger partial charge on any atom is -0.481 e. The van der Waals surface area contributed by atoms with Crippen molar-refractivity contribution in [3.8, 4) is 18.1 Å². The van der Waals surface area contributed by atoms with E-state index in [4.69, 9.17) is 15.9 Å². The number of carbonyl (C=O) groups is 1. The molecule has 0 aliphatic heterocycles. The average molecular weight is 260 g/mol. The highest BCUT2D eigenvalue weighted by atomic mass is 16.5. The van der Waals surface area contributed by atoms with E-state index >= 15 is 0 Å². The van der Waals surface area contributed by atoms with Crippen LogP contribution in [0.5, 0.6) is 5.75 Å². The SMILES string of the molecule is C#CCOc1ccccc1C(C)OC(=O)CC(C)C. The molecule has 0 amide bonds. The van der Waals surface area contributed by atoms with Crippen LogP contribution >= 0.6 is 0 Å². The third-order valence-corrected chi connectivity index (χ3v) is 2.55. The largest absolute Gasteiger partial charge is 0.481 e. The van der Waals surface area contributed by atoms with Crippen molar-refractivity contribution in [2.45, 2.75) is 33.3 Å². The Labute approximate surface area is 114 Å². The van der Waals surface area contributed by atoms with Crippen molar-refractivity contribution in [3.05, 3.63) is 29.8 Å². The van der Waals surface area contributed by atoms with Crippen LogP contribution in [-0.2, 0) is 9.53 Å². The Morgan fingerprint density at radius 3 is 2.63 bits per heavy atom. The zero-order chi connectivity index (χ0) is 14.3. The van der Waals surface area contributed by atoms with Gasteiger partial charge in [-0.25, -0.2) is 0 Å². The second-order valence-corrected chi connectivity index (χ2v) is 4.76. The molecule has 0 aliphatic carbocycles. The molecule has 0 aromatic heterocycles. The first-order valence-electron chi connectivity index (χ1n) is 6.39. The van der Waals surface area contributed by atoms with Crippen LogP contribution in [0.15, 0.2) is 24.3 Å². The van der Waals surface area contributed by atoms with Crippen molar-refractivity contribution in [1.29, 1.82) is 0 Å². The van der Waals surface area contributed by atoms with Crippen molar-refractivity contribution in [2.75, 3.05) is 6.61 Å². The molecular formula is C16H20O3. The number of hydrogen-bond acceptors (Lipinski definition) is 3. The van der Waals surface area contributed by atoms with Crippen molar-refractivity contribution in [1.82, 2.24) is 0 Å². The molecule has 1 aromatic carbocycles. The average Bonchev–Trinajstić information content (AvgIpc) is 2.35. The third kappa shape index (κ3) is 5.05. The Morgan fingerprint density at radius 2 is 2.00 bits per heavy atom. The van der Waals surface area contributed by atoms with Gasteiger partial charge in [0.15, 0.2) is 0 Å². The first-order valence-corrected chi connectivity index (χ1v) is 6.39. The zero-order valence-electron chi connectivity index (χ0n) is 11.7. The molecule has 3 nitrogen and oxygen atoms in total. The van der Waals surface area contributed by atoms with Gasteiger partial charge < -0.3 is 9.47 Å². The van der Waals surface area contributed by atoms with Gasteiger partial charge in [-0.05, 0) is 18.9 Å². The lowest BCUT2D eigenvalue weighted by Gasteiger charge is -2.17. The molecule has 0 aliphatic rings. The van der Waals surface area contributed by atoms with E-state index in [1.807, 2.05) is 45.0 Å². The second-order valence-electron chi connectivity index (χ2n) is 4.76. The topological polar surface area (TPSA) is 35.5 Å². The van der Waals surface area contributed by atoms with Gasteiger partial charge in [-0.3, -0.25) is 4.79 Å². The second kappa shape index (κ2) is 7.48. The summed E-state index contributed by atoms with van der Waals surface area (Å²) in [6, 6.07) is 7.43. The van der Waals surface area contributed by atoms with Gasteiger partial charge in [0.2, 0.25) is 0 Å². The Hall–Kier alpha value is -1.95. The van der Waals surface area contributed by atoms with Crippen molar-refractivity contribution in [2.24, 2.45) is 5.92 Å². The summed E-state index contributed by atoms with van der Waals surface area (Å²) >= 11 is 0. The molecule has 0 heterocycles. The molecule has 0 radical (unpaired) electrons. The lowest BCUT2D eigenvalue weighted by atomic mass is 10.1. The van der Waals surface area contributed by atoms with Crippen LogP contribution in [0.1, 0.15) is 38.9 Å². The Bertz CT molecular complexity index is 457. The number of terminal acetylenes is 1. The van der Waals surface area contributed by atoms with Gasteiger partial charge in [-0.15, -0.1) is 6.42 Å². The first kappa shape index (κ1) is 15.1. The van der Waals surface area contributed by atoms with Crippen LogP contribution in [-0.4, -0.2) is 12.6 Å². The maximum absolute atomic E-state index is 11.7. The van der Waals surface area contributed by atoms with Crippen molar-refractivity contribution in [3.63, 3.8) is 0 Å². The van der Waals surface area contributed by atoms with E-state index in [1.165, 1.54) is 0 Å². The highest BCUT2D eigenvalue weighted by molar-refractivity contribution is 5.70. The van der Waals surface area contributed by atoms with Crippen LogP contribution in [0.3, 0.4) is 0 Å². The summed E-state index contributed by atoms with van der Waals surface area (Å²) < 4.78 is 10.8. The highest BCUT2D eigenvalue weighted by Gasteiger charge is 2.16. The zero-order valence-corrected chi connectivity index (χ0v) is 11.7. The number of esters is 1. The van der Waals surface area contributed by atoms with Gasteiger partial charge in [-0.2, -0.15) is 0 Å². The smallest absolute Gasteiger partial charge is 0.306 e. The Balaban J connectivity index is 2.73. The summed E-state index contributed by atoms with van der Waals surface area (Å²) in [4.78, 5) is 11.7. The Morgan fingerprint density at radius 1 is 1.32 bits per heavy atom. The van der Waals surface area contributed by atoms with Gasteiger partial charge in [0.1, 0.15) is 18.5 Å². The molecule has 0 fully saturated rings. The minimum atomic E-state index is -0.347. The predicted molar refractivity (Wildman–Crippen MR) is 74.7 cm³/mol. The quantitative estimate of drug-likeness (QED) is 0.581. The highest BCUT2D eigenvalue weighted by Crippen LogP contribution is 2.27. The predicted octanol–water partition coefficient (Wildman–Crippen LogP) is 3.35. The van der Waals surface area contributed by atoms with E-state index in [9.17, 15) is 4.79 Å². The molecular weight excluding hydrogens is 240 g/mol. The number of benzene rings is 1. The fourth-order valence-electron chi connectivity index (χ4n) is 1.71. The lowest BCUT2D eigenvalue weighted by Crippen LogP contribution is -2.12. The summed E-state index contributed by atoms with van der Waals surface area (Å²) in [5.74, 6) is 3.16. The molecule has 1 unspecified atom stereocenters. The maximum atomic E-state index is 11.7. The molecule has 0 spiro atoms. The molecule has 1 aromatic rings. The third-order valence-electron chi connectivity index (χ3n) is 2.55. The van der Waals surface area contributed by atoms with Crippen LogP contribution < -0.4 is 4.74 Å². The van der Waals surface area contributed by atoms with Crippen LogP contribution in [0.4, 0.5) is 0 Å². The summed E-state index contributed by atoms with van der Waals surface area (Å²) in [5.41, 5.74) is 0.829. The molecule has 1 atom stereocenters. The van der Waals surface area contributed by atoms with E-state index < -0.39 is 0 Å². The molecule has 1 rings (SSSR count). The fraction of sp³-hybridized carbons (Fsp3) is 0.438.